The zero-order valence-corrected chi connectivity index (χ0v) is 17.9. The Kier molecular flexibility index (Phi) is 6.70. The van der Waals surface area contributed by atoms with Crippen LogP contribution in [0.25, 0.3) is 6.08 Å². The van der Waals surface area contributed by atoms with E-state index in [0.717, 1.165) is 10.0 Å². The fourth-order valence-electron chi connectivity index (χ4n) is 2.41. The summed E-state index contributed by atoms with van der Waals surface area (Å²) in [7, 11) is 0. The molecule has 0 unspecified atom stereocenters. The highest BCUT2D eigenvalue weighted by molar-refractivity contribution is 9.10. The molecule has 0 radical (unpaired) electrons. The fraction of sp³-hybridized carbons (Fsp3) is 0.105. The number of carbonyl (C=O) groups is 2. The van der Waals surface area contributed by atoms with Crippen molar-refractivity contribution in [2.24, 2.45) is 0 Å². The SMILES string of the molecule is O=C(CCN1C(=O)C(=Cc2cccc(Br)c2)SC1=S)Nc1ccc(Cl)cc1. The van der Waals surface area contributed by atoms with Crippen molar-refractivity contribution in [2.75, 3.05) is 11.9 Å². The van der Waals surface area contributed by atoms with Crippen LogP contribution in [-0.2, 0) is 9.59 Å². The van der Waals surface area contributed by atoms with Crippen LogP contribution in [0.5, 0.6) is 0 Å². The zero-order chi connectivity index (χ0) is 19.4. The first-order valence-corrected chi connectivity index (χ1v) is 10.4. The number of anilines is 1. The highest BCUT2D eigenvalue weighted by Crippen LogP contribution is 2.33. The van der Waals surface area contributed by atoms with Gasteiger partial charge in [-0.05, 0) is 48.0 Å². The van der Waals surface area contributed by atoms with Gasteiger partial charge >= 0.3 is 0 Å². The Morgan fingerprint density at radius 2 is 2.00 bits per heavy atom. The van der Waals surface area contributed by atoms with Crippen molar-refractivity contribution in [2.45, 2.75) is 6.42 Å². The first-order chi connectivity index (χ1) is 12.9. The van der Waals surface area contributed by atoms with Gasteiger partial charge in [0.2, 0.25) is 5.91 Å². The van der Waals surface area contributed by atoms with Crippen molar-refractivity contribution in [1.29, 1.82) is 0 Å². The predicted molar refractivity (Wildman–Crippen MR) is 119 cm³/mol. The molecule has 0 spiro atoms. The van der Waals surface area contributed by atoms with Crippen LogP contribution in [0.3, 0.4) is 0 Å². The number of benzene rings is 2. The maximum atomic E-state index is 12.6. The number of rotatable bonds is 5. The molecule has 0 aliphatic carbocycles. The van der Waals surface area contributed by atoms with Gasteiger partial charge in [-0.3, -0.25) is 14.5 Å². The van der Waals surface area contributed by atoms with Crippen LogP contribution >= 0.6 is 51.5 Å². The number of thioether (sulfide) groups is 1. The van der Waals surface area contributed by atoms with E-state index in [1.54, 1.807) is 30.3 Å². The molecule has 8 heteroatoms. The summed E-state index contributed by atoms with van der Waals surface area (Å²) in [5.41, 5.74) is 1.56. The van der Waals surface area contributed by atoms with Crippen LogP contribution in [-0.4, -0.2) is 27.6 Å². The first kappa shape index (κ1) is 20.1. The summed E-state index contributed by atoms with van der Waals surface area (Å²) in [6.07, 6.45) is 1.96. The van der Waals surface area contributed by atoms with Gasteiger partial charge in [0.1, 0.15) is 4.32 Å². The number of nitrogens with one attached hydrogen (secondary N) is 1. The summed E-state index contributed by atoms with van der Waals surface area (Å²) < 4.78 is 1.39. The largest absolute Gasteiger partial charge is 0.326 e. The molecule has 1 aliphatic rings. The number of thiocarbonyl (C=S) groups is 1. The molecular weight excluding hydrogens is 468 g/mol. The maximum Gasteiger partial charge on any atom is 0.266 e. The summed E-state index contributed by atoms with van der Waals surface area (Å²) in [4.78, 5) is 26.7. The van der Waals surface area contributed by atoms with E-state index in [4.69, 9.17) is 23.8 Å². The summed E-state index contributed by atoms with van der Waals surface area (Å²) in [6.45, 7) is 0.236. The van der Waals surface area contributed by atoms with Crippen molar-refractivity contribution >= 4 is 79.4 Å². The molecule has 0 atom stereocenters. The number of nitrogens with zero attached hydrogens (tertiary/aromatic N) is 1. The van der Waals surface area contributed by atoms with E-state index in [1.807, 2.05) is 24.3 Å². The van der Waals surface area contributed by atoms with Crippen molar-refractivity contribution < 1.29 is 9.59 Å². The molecule has 2 aromatic carbocycles. The third-order valence-corrected chi connectivity index (χ3v) is 5.83. The molecule has 1 fully saturated rings. The van der Waals surface area contributed by atoms with Gasteiger partial charge in [0.05, 0.1) is 4.91 Å². The minimum atomic E-state index is -0.192. The molecule has 2 amide bonds. The van der Waals surface area contributed by atoms with E-state index in [9.17, 15) is 9.59 Å². The molecule has 4 nitrogen and oxygen atoms in total. The lowest BCUT2D eigenvalue weighted by Gasteiger charge is -2.14. The van der Waals surface area contributed by atoms with Gasteiger partial charge < -0.3 is 5.32 Å². The highest BCUT2D eigenvalue weighted by Gasteiger charge is 2.32. The third kappa shape index (κ3) is 5.42. The van der Waals surface area contributed by atoms with Gasteiger partial charge in [0.15, 0.2) is 0 Å². The highest BCUT2D eigenvalue weighted by atomic mass is 79.9. The lowest BCUT2D eigenvalue weighted by molar-refractivity contribution is -0.122. The zero-order valence-electron chi connectivity index (χ0n) is 13.9. The lowest BCUT2D eigenvalue weighted by Crippen LogP contribution is -2.31. The molecule has 138 valence electrons. The number of amides is 2. The summed E-state index contributed by atoms with van der Waals surface area (Å²) in [5.74, 6) is -0.369. The van der Waals surface area contributed by atoms with Crippen LogP contribution in [0.2, 0.25) is 5.02 Å². The molecule has 27 heavy (non-hydrogen) atoms. The Labute approximate surface area is 180 Å². The minimum absolute atomic E-state index is 0.152. The number of hydrogen-bond acceptors (Lipinski definition) is 4. The second kappa shape index (κ2) is 9.01. The molecule has 1 N–H and O–H groups in total. The Hall–Kier alpha value is -1.67. The summed E-state index contributed by atoms with van der Waals surface area (Å²) >= 11 is 15.8. The van der Waals surface area contributed by atoms with E-state index < -0.39 is 0 Å². The van der Waals surface area contributed by atoms with Crippen LogP contribution in [0.15, 0.2) is 57.9 Å². The summed E-state index contributed by atoms with van der Waals surface area (Å²) in [6, 6.07) is 14.5. The minimum Gasteiger partial charge on any atom is -0.326 e. The summed E-state index contributed by atoms with van der Waals surface area (Å²) in [5, 5.41) is 3.37. The van der Waals surface area contributed by atoms with E-state index in [1.165, 1.54) is 16.7 Å². The molecule has 1 heterocycles. The molecule has 2 aromatic rings. The van der Waals surface area contributed by atoms with E-state index in [-0.39, 0.29) is 24.8 Å². The predicted octanol–water partition coefficient (Wildman–Crippen LogP) is 5.33. The van der Waals surface area contributed by atoms with Gasteiger partial charge in [0.25, 0.3) is 5.91 Å². The number of hydrogen-bond donors (Lipinski definition) is 1. The topological polar surface area (TPSA) is 49.4 Å². The van der Waals surface area contributed by atoms with Crippen LogP contribution in [0.1, 0.15) is 12.0 Å². The monoisotopic (exact) mass is 480 g/mol. The molecule has 0 saturated carbocycles. The maximum absolute atomic E-state index is 12.6. The molecule has 0 bridgehead atoms. The second-order valence-electron chi connectivity index (χ2n) is 5.69. The van der Waals surface area contributed by atoms with E-state index in [2.05, 4.69) is 21.2 Å². The van der Waals surface area contributed by atoms with Crippen molar-refractivity contribution in [3.63, 3.8) is 0 Å². The second-order valence-corrected chi connectivity index (χ2v) is 8.72. The van der Waals surface area contributed by atoms with Crippen LogP contribution < -0.4 is 5.32 Å². The molecule has 0 aromatic heterocycles. The quantitative estimate of drug-likeness (QED) is 0.463. The normalized spacial score (nSPS) is 15.5. The average Bonchev–Trinajstić information content (AvgIpc) is 2.88. The Balaban J connectivity index is 1.60. The van der Waals surface area contributed by atoms with Gasteiger partial charge in [0, 0.05) is 28.1 Å². The standard InChI is InChI=1S/C19H14BrClN2O2S2/c20-13-3-1-2-12(10-13)11-16-18(25)23(19(26)27-16)9-8-17(24)22-15-6-4-14(21)5-7-15/h1-7,10-11H,8-9H2,(H,22,24). The molecule has 3 rings (SSSR count). The Morgan fingerprint density at radius 1 is 1.26 bits per heavy atom. The molecule has 1 aliphatic heterocycles. The van der Waals surface area contributed by atoms with Crippen LogP contribution in [0.4, 0.5) is 5.69 Å². The van der Waals surface area contributed by atoms with Crippen molar-refractivity contribution in [1.82, 2.24) is 4.90 Å². The number of carbonyl (C=O) groups excluding carboxylic acids is 2. The fourth-order valence-corrected chi connectivity index (χ4v) is 4.26. The van der Waals surface area contributed by atoms with Gasteiger partial charge in [-0.2, -0.15) is 0 Å². The van der Waals surface area contributed by atoms with Gasteiger partial charge in [-0.25, -0.2) is 0 Å². The Bertz CT molecular complexity index is 932. The van der Waals surface area contributed by atoms with Crippen molar-refractivity contribution in [3.05, 3.63) is 68.5 Å². The van der Waals surface area contributed by atoms with E-state index >= 15 is 0 Å². The van der Waals surface area contributed by atoms with Crippen molar-refractivity contribution in [3.8, 4) is 0 Å². The van der Waals surface area contributed by atoms with E-state index in [0.29, 0.717) is 19.9 Å². The average molecular weight is 482 g/mol. The van der Waals surface area contributed by atoms with Gasteiger partial charge in [-0.1, -0.05) is 63.6 Å². The molecule has 1 saturated heterocycles. The lowest BCUT2D eigenvalue weighted by atomic mass is 10.2. The van der Waals surface area contributed by atoms with Crippen LogP contribution in [0, 0.1) is 0 Å². The molecular formula is C19H14BrClN2O2S2. The number of halogens is 2. The third-order valence-electron chi connectivity index (χ3n) is 3.71. The Morgan fingerprint density at radius 3 is 2.70 bits per heavy atom. The van der Waals surface area contributed by atoms with Gasteiger partial charge in [-0.15, -0.1) is 0 Å². The first-order valence-electron chi connectivity index (χ1n) is 7.99. The smallest absolute Gasteiger partial charge is 0.266 e.